The van der Waals surface area contributed by atoms with Gasteiger partial charge in [-0.1, -0.05) is 6.08 Å². The van der Waals surface area contributed by atoms with E-state index in [4.69, 9.17) is 0 Å². The van der Waals surface area contributed by atoms with Crippen LogP contribution in [-0.2, 0) is 6.54 Å². The van der Waals surface area contributed by atoms with E-state index in [1.165, 1.54) is 0 Å². The van der Waals surface area contributed by atoms with Gasteiger partial charge in [-0.25, -0.2) is 4.98 Å². The van der Waals surface area contributed by atoms with Gasteiger partial charge in [-0.05, 0) is 13.1 Å². The largest absolute Gasteiger partial charge is 0.385 e. The highest BCUT2D eigenvalue weighted by molar-refractivity contribution is 7.13. The molecule has 0 saturated heterocycles. The summed E-state index contributed by atoms with van der Waals surface area (Å²) in [6, 6.07) is 0. The molecule has 1 rings (SSSR count). The van der Waals surface area contributed by atoms with Crippen LogP contribution in [0.25, 0.3) is 0 Å². The zero-order valence-corrected chi connectivity index (χ0v) is 8.11. The normalized spacial score (nSPS) is 10.5. The second-order valence-electron chi connectivity index (χ2n) is 2.27. The van der Waals surface area contributed by atoms with Crippen molar-refractivity contribution in [2.45, 2.75) is 13.5 Å². The summed E-state index contributed by atoms with van der Waals surface area (Å²) >= 11 is 1.62. The number of nitrogens with one attached hydrogen (secondary N) is 2. The summed E-state index contributed by atoms with van der Waals surface area (Å²) in [5, 5.41) is 9.13. The second kappa shape index (κ2) is 4.77. The molecule has 0 saturated carbocycles. The van der Waals surface area contributed by atoms with Gasteiger partial charge in [0.1, 0.15) is 0 Å². The first-order valence-electron chi connectivity index (χ1n) is 3.83. The molecule has 0 amide bonds. The highest BCUT2D eigenvalue weighted by atomic mass is 32.1. The topological polar surface area (TPSA) is 37.0 Å². The second-order valence-corrected chi connectivity index (χ2v) is 3.13. The van der Waals surface area contributed by atoms with Crippen LogP contribution in [0.3, 0.4) is 0 Å². The highest BCUT2D eigenvalue weighted by Gasteiger charge is 1.96. The van der Waals surface area contributed by atoms with Gasteiger partial charge in [-0.3, -0.25) is 0 Å². The summed E-state index contributed by atoms with van der Waals surface area (Å²) in [5.74, 6) is 0. The first-order valence-corrected chi connectivity index (χ1v) is 4.71. The molecule has 0 atom stereocenters. The molecule has 0 fully saturated rings. The molecular weight excluding hydrogens is 170 g/mol. The monoisotopic (exact) mass is 183 g/mol. The average molecular weight is 183 g/mol. The molecule has 0 bridgehead atoms. The maximum Gasteiger partial charge on any atom is 0.182 e. The molecule has 0 aromatic carbocycles. The zero-order chi connectivity index (χ0) is 8.81. The van der Waals surface area contributed by atoms with Crippen LogP contribution in [0.1, 0.15) is 12.6 Å². The van der Waals surface area contributed by atoms with Gasteiger partial charge in [-0.15, -0.1) is 11.3 Å². The maximum absolute atomic E-state index is 4.31. The van der Waals surface area contributed by atoms with Crippen molar-refractivity contribution in [1.29, 1.82) is 0 Å². The lowest BCUT2D eigenvalue weighted by molar-refractivity contribution is 0.843. The van der Waals surface area contributed by atoms with Crippen molar-refractivity contribution < 1.29 is 0 Å². The highest BCUT2D eigenvalue weighted by Crippen LogP contribution is 2.13. The molecule has 66 valence electrons. The van der Waals surface area contributed by atoms with Crippen LogP contribution in [0.5, 0.6) is 0 Å². The standard InChI is InChI=1S/C8H13N3S/c1-3-4-10-5-7-6-12-8(9-2)11-7/h3-4,6,10H,5H2,1-2H3,(H,9,11). The molecule has 2 N–H and O–H groups in total. The third-order valence-corrected chi connectivity index (χ3v) is 2.24. The Kier molecular flexibility index (Phi) is 3.60. The predicted molar refractivity (Wildman–Crippen MR) is 53.3 cm³/mol. The minimum Gasteiger partial charge on any atom is -0.385 e. The molecule has 0 radical (unpaired) electrons. The van der Waals surface area contributed by atoms with Crippen LogP contribution in [0.4, 0.5) is 5.13 Å². The summed E-state index contributed by atoms with van der Waals surface area (Å²) in [6.45, 7) is 2.77. The van der Waals surface area contributed by atoms with Crippen LogP contribution in [0, 0.1) is 0 Å². The molecule has 12 heavy (non-hydrogen) atoms. The molecule has 1 aromatic heterocycles. The molecule has 0 unspecified atom stereocenters. The fourth-order valence-corrected chi connectivity index (χ4v) is 1.46. The van der Waals surface area contributed by atoms with Gasteiger partial charge in [0, 0.05) is 12.4 Å². The summed E-state index contributed by atoms with van der Waals surface area (Å²) < 4.78 is 0. The number of anilines is 1. The first kappa shape index (κ1) is 9.06. The lowest BCUT2D eigenvalue weighted by Gasteiger charge is -1.94. The number of hydrogen-bond donors (Lipinski definition) is 2. The van der Waals surface area contributed by atoms with Crippen molar-refractivity contribution >= 4 is 16.5 Å². The molecular formula is C8H13N3S. The zero-order valence-electron chi connectivity index (χ0n) is 7.29. The van der Waals surface area contributed by atoms with Crippen molar-refractivity contribution in [3.63, 3.8) is 0 Å². The minimum atomic E-state index is 0.794. The van der Waals surface area contributed by atoms with Crippen molar-refractivity contribution in [2.75, 3.05) is 12.4 Å². The maximum atomic E-state index is 4.31. The van der Waals surface area contributed by atoms with Gasteiger partial charge in [-0.2, -0.15) is 0 Å². The van der Waals surface area contributed by atoms with E-state index in [0.29, 0.717) is 0 Å². The summed E-state index contributed by atoms with van der Waals surface area (Å²) in [6.07, 6.45) is 3.88. The Morgan fingerprint density at radius 1 is 1.67 bits per heavy atom. The Hall–Kier alpha value is -1.03. The lowest BCUT2D eigenvalue weighted by Crippen LogP contribution is -2.04. The Balaban J connectivity index is 2.41. The van der Waals surface area contributed by atoms with Crippen molar-refractivity contribution in [2.24, 2.45) is 0 Å². The number of hydrogen-bond acceptors (Lipinski definition) is 4. The Morgan fingerprint density at radius 2 is 2.50 bits per heavy atom. The third-order valence-electron chi connectivity index (χ3n) is 1.33. The first-order chi connectivity index (χ1) is 5.86. The van der Waals surface area contributed by atoms with Gasteiger partial charge in [0.2, 0.25) is 0 Å². The van der Waals surface area contributed by atoms with E-state index in [9.17, 15) is 0 Å². The number of thiazole rings is 1. The molecule has 3 nitrogen and oxygen atoms in total. The van der Waals surface area contributed by atoms with E-state index in [0.717, 1.165) is 17.4 Å². The van der Waals surface area contributed by atoms with Crippen molar-refractivity contribution in [3.8, 4) is 0 Å². The van der Waals surface area contributed by atoms with Gasteiger partial charge < -0.3 is 10.6 Å². The lowest BCUT2D eigenvalue weighted by atomic mass is 10.5. The van der Waals surface area contributed by atoms with E-state index in [1.807, 2.05) is 31.6 Å². The van der Waals surface area contributed by atoms with E-state index in [-0.39, 0.29) is 0 Å². The van der Waals surface area contributed by atoms with E-state index in [1.54, 1.807) is 11.3 Å². The van der Waals surface area contributed by atoms with E-state index in [2.05, 4.69) is 15.6 Å². The fraction of sp³-hybridized carbons (Fsp3) is 0.375. The summed E-state index contributed by atoms with van der Waals surface area (Å²) in [5.41, 5.74) is 1.07. The van der Waals surface area contributed by atoms with Gasteiger partial charge in [0.25, 0.3) is 0 Å². The molecule has 4 heteroatoms. The molecule has 0 aliphatic rings. The number of aromatic nitrogens is 1. The van der Waals surface area contributed by atoms with Crippen LogP contribution < -0.4 is 10.6 Å². The predicted octanol–water partition coefficient (Wildman–Crippen LogP) is 1.81. The van der Waals surface area contributed by atoms with Gasteiger partial charge in [0.15, 0.2) is 5.13 Å². The summed E-state index contributed by atoms with van der Waals surface area (Å²) in [4.78, 5) is 4.31. The van der Waals surface area contributed by atoms with E-state index < -0.39 is 0 Å². The smallest absolute Gasteiger partial charge is 0.182 e. The quantitative estimate of drug-likeness (QED) is 0.747. The number of nitrogens with zero attached hydrogens (tertiary/aromatic N) is 1. The Labute approximate surface area is 76.5 Å². The van der Waals surface area contributed by atoms with E-state index >= 15 is 0 Å². The Morgan fingerprint density at radius 3 is 3.08 bits per heavy atom. The van der Waals surface area contributed by atoms with Gasteiger partial charge >= 0.3 is 0 Å². The van der Waals surface area contributed by atoms with Crippen LogP contribution in [0.15, 0.2) is 17.7 Å². The molecule has 1 heterocycles. The Bertz CT molecular complexity index is 255. The number of allylic oxidation sites excluding steroid dienone is 1. The minimum absolute atomic E-state index is 0.794. The van der Waals surface area contributed by atoms with Crippen molar-refractivity contribution in [3.05, 3.63) is 23.3 Å². The molecule has 1 aromatic rings. The summed E-state index contributed by atoms with van der Waals surface area (Å²) in [7, 11) is 1.88. The average Bonchev–Trinajstić information content (AvgIpc) is 2.53. The fourth-order valence-electron chi connectivity index (χ4n) is 0.784. The molecule has 0 aliphatic heterocycles. The van der Waals surface area contributed by atoms with Crippen LogP contribution in [0.2, 0.25) is 0 Å². The SMILES string of the molecule is CC=CNCc1csc(NC)n1. The van der Waals surface area contributed by atoms with Crippen LogP contribution >= 0.6 is 11.3 Å². The number of rotatable bonds is 4. The van der Waals surface area contributed by atoms with Crippen molar-refractivity contribution in [1.82, 2.24) is 10.3 Å². The third kappa shape index (κ3) is 2.54. The molecule has 0 aliphatic carbocycles. The molecule has 0 spiro atoms. The van der Waals surface area contributed by atoms with Crippen LogP contribution in [-0.4, -0.2) is 12.0 Å². The van der Waals surface area contributed by atoms with Gasteiger partial charge in [0.05, 0.1) is 12.2 Å².